The number of aliphatic hydroxyl groups is 1. The average molecular weight is 293 g/mol. The largest absolute Gasteiger partial charge is 0.481 e. The molecule has 1 aromatic rings. The molecule has 0 aliphatic rings. The fraction of sp³-hybridized carbons (Fsp3) is 0.500. The number of hydrogen-bond acceptors (Lipinski definition) is 3. The summed E-state index contributed by atoms with van der Waals surface area (Å²) in [6.07, 6.45) is -0.171. The predicted octanol–water partition coefficient (Wildman–Crippen LogP) is 1.55. The fourth-order valence-electron chi connectivity index (χ4n) is 2.11. The number of carbonyl (C=O) groups is 2. The van der Waals surface area contributed by atoms with E-state index in [-0.39, 0.29) is 30.9 Å². The molecule has 5 heteroatoms. The zero-order valence-electron chi connectivity index (χ0n) is 12.7. The number of aliphatic hydroxyl groups excluding tert-OH is 1. The van der Waals surface area contributed by atoms with Gasteiger partial charge in [-0.3, -0.25) is 9.59 Å². The lowest BCUT2D eigenvalue weighted by Gasteiger charge is -2.27. The molecule has 0 aliphatic carbocycles. The second-order valence-corrected chi connectivity index (χ2v) is 5.78. The molecule has 0 aliphatic heterocycles. The molecule has 0 spiro atoms. The molecule has 5 nitrogen and oxygen atoms in total. The van der Waals surface area contributed by atoms with Crippen molar-refractivity contribution < 1.29 is 19.8 Å². The predicted molar refractivity (Wildman–Crippen MR) is 79.9 cm³/mol. The highest BCUT2D eigenvalue weighted by Crippen LogP contribution is 2.28. The molecule has 0 bridgehead atoms. The van der Waals surface area contributed by atoms with E-state index in [0.29, 0.717) is 5.56 Å². The van der Waals surface area contributed by atoms with Crippen molar-refractivity contribution >= 4 is 11.9 Å². The highest BCUT2D eigenvalue weighted by atomic mass is 16.4. The molecule has 116 valence electrons. The molecule has 0 saturated heterocycles. The van der Waals surface area contributed by atoms with Crippen LogP contribution in [0.5, 0.6) is 0 Å². The van der Waals surface area contributed by atoms with Crippen LogP contribution in [0.15, 0.2) is 30.3 Å². The molecule has 21 heavy (non-hydrogen) atoms. The third-order valence-corrected chi connectivity index (χ3v) is 3.74. The van der Waals surface area contributed by atoms with Crippen molar-refractivity contribution in [1.82, 2.24) is 5.32 Å². The molecule has 1 unspecified atom stereocenters. The Labute approximate surface area is 125 Å². The van der Waals surface area contributed by atoms with Gasteiger partial charge in [0.25, 0.3) is 0 Å². The monoisotopic (exact) mass is 293 g/mol. The molecule has 0 fully saturated rings. The number of rotatable bonds is 7. The summed E-state index contributed by atoms with van der Waals surface area (Å²) in [5.41, 5.74) is -0.708. The summed E-state index contributed by atoms with van der Waals surface area (Å²) in [7, 11) is 0. The molecule has 0 heterocycles. The standard InChI is InChI=1S/C16H23NO4/c1-11(2)13(10-18)17-14(19)9-16(3,15(20)21)12-7-5-4-6-8-12/h4-8,11,13,18H,9-10H2,1-3H3,(H,17,19)(H,20,21)/t13-,16?/m1/s1. The second-order valence-electron chi connectivity index (χ2n) is 5.78. The van der Waals surface area contributed by atoms with Gasteiger partial charge >= 0.3 is 5.97 Å². The highest BCUT2D eigenvalue weighted by Gasteiger charge is 2.37. The van der Waals surface area contributed by atoms with E-state index >= 15 is 0 Å². The number of aliphatic carboxylic acids is 1. The Morgan fingerprint density at radius 1 is 1.24 bits per heavy atom. The van der Waals surface area contributed by atoms with Crippen LogP contribution in [0.4, 0.5) is 0 Å². The molecule has 2 atom stereocenters. The van der Waals surface area contributed by atoms with Gasteiger partial charge in [0.1, 0.15) is 0 Å². The fourth-order valence-corrected chi connectivity index (χ4v) is 2.11. The molecular formula is C16H23NO4. The van der Waals surface area contributed by atoms with Gasteiger partial charge in [-0.15, -0.1) is 0 Å². The van der Waals surface area contributed by atoms with Crippen LogP contribution in [0.1, 0.15) is 32.8 Å². The van der Waals surface area contributed by atoms with Crippen molar-refractivity contribution in [3.63, 3.8) is 0 Å². The molecule has 1 aromatic carbocycles. The maximum atomic E-state index is 12.1. The van der Waals surface area contributed by atoms with E-state index in [0.717, 1.165) is 0 Å². The van der Waals surface area contributed by atoms with Gasteiger partial charge in [-0.05, 0) is 18.4 Å². The lowest BCUT2D eigenvalue weighted by molar-refractivity contribution is -0.145. The minimum absolute atomic E-state index is 0.0757. The summed E-state index contributed by atoms with van der Waals surface area (Å²) in [6.45, 7) is 5.13. The van der Waals surface area contributed by atoms with Crippen LogP contribution in [0.2, 0.25) is 0 Å². The summed E-state index contributed by atoms with van der Waals surface area (Å²) in [6, 6.07) is 8.33. The highest BCUT2D eigenvalue weighted by molar-refractivity contribution is 5.89. The van der Waals surface area contributed by atoms with E-state index in [9.17, 15) is 19.8 Å². The Morgan fingerprint density at radius 2 is 1.81 bits per heavy atom. The lowest BCUT2D eigenvalue weighted by atomic mass is 9.79. The van der Waals surface area contributed by atoms with Crippen LogP contribution in [-0.4, -0.2) is 34.7 Å². The first-order chi connectivity index (χ1) is 9.81. The van der Waals surface area contributed by atoms with E-state index in [4.69, 9.17) is 0 Å². The Hall–Kier alpha value is -1.88. The molecule has 0 aromatic heterocycles. The van der Waals surface area contributed by atoms with Crippen LogP contribution in [0.3, 0.4) is 0 Å². The normalized spacial score (nSPS) is 15.3. The van der Waals surface area contributed by atoms with Crippen molar-refractivity contribution in [3.8, 4) is 0 Å². The number of carboxylic acid groups (broad SMARTS) is 1. The summed E-state index contributed by atoms with van der Waals surface area (Å²) in [5.74, 6) is -1.35. The zero-order chi connectivity index (χ0) is 16.0. The third-order valence-electron chi connectivity index (χ3n) is 3.74. The maximum absolute atomic E-state index is 12.1. The number of carboxylic acids is 1. The Kier molecular flexibility index (Phi) is 5.90. The lowest BCUT2D eigenvalue weighted by Crippen LogP contribution is -2.45. The van der Waals surface area contributed by atoms with Crippen LogP contribution >= 0.6 is 0 Å². The SMILES string of the molecule is CC(C)[C@@H](CO)NC(=O)CC(C)(C(=O)O)c1ccccc1. The van der Waals surface area contributed by atoms with E-state index in [1.165, 1.54) is 6.92 Å². The molecule has 1 amide bonds. The minimum atomic E-state index is -1.29. The number of amides is 1. The van der Waals surface area contributed by atoms with Gasteiger partial charge in [-0.1, -0.05) is 44.2 Å². The van der Waals surface area contributed by atoms with E-state index in [2.05, 4.69) is 5.32 Å². The van der Waals surface area contributed by atoms with Gasteiger partial charge in [-0.25, -0.2) is 0 Å². The summed E-state index contributed by atoms with van der Waals surface area (Å²) in [5, 5.41) is 21.4. The Balaban J connectivity index is 2.89. The van der Waals surface area contributed by atoms with Crippen LogP contribution in [0.25, 0.3) is 0 Å². The van der Waals surface area contributed by atoms with Gasteiger partial charge in [0.2, 0.25) is 5.91 Å². The second kappa shape index (κ2) is 7.22. The Bertz CT molecular complexity index is 486. The number of carbonyl (C=O) groups excluding carboxylic acids is 1. The van der Waals surface area contributed by atoms with E-state index in [1.807, 2.05) is 13.8 Å². The quantitative estimate of drug-likeness (QED) is 0.712. The number of nitrogens with one attached hydrogen (secondary N) is 1. The average Bonchev–Trinajstić information content (AvgIpc) is 2.45. The first-order valence-electron chi connectivity index (χ1n) is 7.00. The van der Waals surface area contributed by atoms with Crippen LogP contribution in [-0.2, 0) is 15.0 Å². The summed E-state index contributed by atoms with van der Waals surface area (Å²) >= 11 is 0. The minimum Gasteiger partial charge on any atom is -0.481 e. The maximum Gasteiger partial charge on any atom is 0.314 e. The Morgan fingerprint density at radius 3 is 2.24 bits per heavy atom. The van der Waals surface area contributed by atoms with E-state index in [1.54, 1.807) is 30.3 Å². The molecule has 0 radical (unpaired) electrons. The zero-order valence-corrected chi connectivity index (χ0v) is 12.7. The smallest absolute Gasteiger partial charge is 0.314 e. The van der Waals surface area contributed by atoms with Crippen molar-refractivity contribution in [1.29, 1.82) is 0 Å². The van der Waals surface area contributed by atoms with E-state index < -0.39 is 11.4 Å². The van der Waals surface area contributed by atoms with Gasteiger partial charge in [0, 0.05) is 6.42 Å². The molecule has 0 saturated carbocycles. The third kappa shape index (κ3) is 4.29. The first kappa shape index (κ1) is 17.2. The van der Waals surface area contributed by atoms with Crippen LogP contribution < -0.4 is 5.32 Å². The van der Waals surface area contributed by atoms with Gasteiger partial charge < -0.3 is 15.5 Å². The van der Waals surface area contributed by atoms with Crippen molar-refractivity contribution in [2.45, 2.75) is 38.6 Å². The van der Waals surface area contributed by atoms with Crippen LogP contribution in [0, 0.1) is 5.92 Å². The van der Waals surface area contributed by atoms with Gasteiger partial charge in [-0.2, -0.15) is 0 Å². The topological polar surface area (TPSA) is 86.6 Å². The van der Waals surface area contributed by atoms with Crippen molar-refractivity contribution in [2.75, 3.05) is 6.61 Å². The number of hydrogen-bond donors (Lipinski definition) is 3. The van der Waals surface area contributed by atoms with Gasteiger partial charge in [0.15, 0.2) is 0 Å². The summed E-state index contributed by atoms with van der Waals surface area (Å²) < 4.78 is 0. The van der Waals surface area contributed by atoms with Crippen molar-refractivity contribution in [2.24, 2.45) is 5.92 Å². The number of benzene rings is 1. The summed E-state index contributed by atoms with van der Waals surface area (Å²) in [4.78, 5) is 23.7. The first-order valence-corrected chi connectivity index (χ1v) is 7.00. The molecular weight excluding hydrogens is 270 g/mol. The van der Waals surface area contributed by atoms with Gasteiger partial charge in [0.05, 0.1) is 18.1 Å². The molecule has 3 N–H and O–H groups in total. The van der Waals surface area contributed by atoms with Crippen molar-refractivity contribution in [3.05, 3.63) is 35.9 Å². The molecule has 1 rings (SSSR count).